The molecule has 7 heteroatoms. The first-order valence-corrected chi connectivity index (χ1v) is 7.08. The van der Waals surface area contributed by atoms with Crippen LogP contribution in [0.15, 0.2) is 18.5 Å². The van der Waals surface area contributed by atoms with E-state index in [2.05, 4.69) is 10.0 Å². The molecule has 0 spiro atoms. The summed E-state index contributed by atoms with van der Waals surface area (Å²) in [4.78, 5) is 0. The van der Waals surface area contributed by atoms with Gasteiger partial charge in [0.15, 0.2) is 0 Å². The normalized spacial score (nSPS) is 18.4. The van der Waals surface area contributed by atoms with Crippen LogP contribution in [-0.2, 0) is 23.8 Å². The molecule has 96 valence electrons. The average Bonchev–Trinajstić information content (AvgIpc) is 2.74. The molecule has 6 nitrogen and oxygen atoms in total. The van der Waals surface area contributed by atoms with Gasteiger partial charge in [-0.1, -0.05) is 0 Å². The molecule has 1 fully saturated rings. The van der Waals surface area contributed by atoms with Crippen molar-refractivity contribution in [3.8, 4) is 0 Å². The Bertz CT molecular complexity index is 462. The summed E-state index contributed by atoms with van der Waals surface area (Å²) in [5, 5.41) is 3.13. The highest BCUT2D eigenvalue weighted by Crippen LogP contribution is 2.03. The van der Waals surface area contributed by atoms with Gasteiger partial charge in [-0.25, -0.2) is 0 Å². The Labute approximate surface area is 102 Å². The lowest BCUT2D eigenvalue weighted by atomic mass is 10.4. The summed E-state index contributed by atoms with van der Waals surface area (Å²) in [5.41, 5.74) is 0.964. The molecule has 2 rings (SSSR count). The molecule has 0 bridgehead atoms. The first kappa shape index (κ1) is 12.6. The zero-order valence-corrected chi connectivity index (χ0v) is 10.7. The summed E-state index contributed by atoms with van der Waals surface area (Å²) in [6.45, 7) is 2.83. The Morgan fingerprint density at radius 1 is 1.41 bits per heavy atom. The lowest BCUT2D eigenvalue weighted by Crippen LogP contribution is -2.50. The van der Waals surface area contributed by atoms with E-state index in [1.807, 2.05) is 30.1 Å². The van der Waals surface area contributed by atoms with Crippen molar-refractivity contribution in [1.82, 2.24) is 18.9 Å². The molecule has 0 aromatic carbocycles. The molecule has 0 unspecified atom stereocenters. The third-order valence-corrected chi connectivity index (χ3v) is 4.32. The van der Waals surface area contributed by atoms with Crippen LogP contribution in [0.3, 0.4) is 0 Å². The molecule has 0 amide bonds. The molecular formula is C10H18N4O2S. The fourth-order valence-corrected chi connectivity index (χ4v) is 3.01. The van der Waals surface area contributed by atoms with E-state index in [1.165, 1.54) is 4.31 Å². The summed E-state index contributed by atoms with van der Waals surface area (Å²) in [7, 11) is -1.43. The minimum absolute atomic E-state index is 0.340. The van der Waals surface area contributed by atoms with Crippen LogP contribution in [-0.4, -0.2) is 43.5 Å². The van der Waals surface area contributed by atoms with Gasteiger partial charge in [0.2, 0.25) is 0 Å². The summed E-state index contributed by atoms with van der Waals surface area (Å²) in [5.74, 6) is 0. The third kappa shape index (κ3) is 3.29. The van der Waals surface area contributed by atoms with Crippen molar-refractivity contribution in [3.63, 3.8) is 0 Å². The van der Waals surface area contributed by atoms with Gasteiger partial charge < -0.3 is 9.88 Å². The Morgan fingerprint density at radius 2 is 2.12 bits per heavy atom. The number of nitrogens with zero attached hydrogens (tertiary/aromatic N) is 2. The highest BCUT2D eigenvalue weighted by Gasteiger charge is 2.22. The molecular weight excluding hydrogens is 240 g/mol. The minimum Gasteiger partial charge on any atom is -0.357 e. The highest BCUT2D eigenvalue weighted by molar-refractivity contribution is 7.87. The maximum Gasteiger partial charge on any atom is 0.279 e. The number of nitrogens with one attached hydrogen (secondary N) is 2. The molecule has 0 aliphatic carbocycles. The Hall–Kier alpha value is -0.890. The van der Waals surface area contributed by atoms with Crippen LogP contribution >= 0.6 is 0 Å². The van der Waals surface area contributed by atoms with Crippen LogP contribution in [0.2, 0.25) is 0 Å². The van der Waals surface area contributed by atoms with E-state index in [0.29, 0.717) is 32.7 Å². The van der Waals surface area contributed by atoms with E-state index in [1.54, 1.807) is 0 Å². The molecule has 0 saturated carbocycles. The number of rotatable bonds is 4. The summed E-state index contributed by atoms with van der Waals surface area (Å²) in [6, 6.07) is 1.90. The lowest BCUT2D eigenvalue weighted by Gasteiger charge is -2.26. The van der Waals surface area contributed by atoms with Crippen LogP contribution in [0, 0.1) is 0 Å². The van der Waals surface area contributed by atoms with Crippen molar-refractivity contribution < 1.29 is 8.42 Å². The fraction of sp³-hybridized carbons (Fsp3) is 0.600. The maximum absolute atomic E-state index is 11.9. The van der Waals surface area contributed by atoms with E-state index < -0.39 is 10.2 Å². The second-order valence-corrected chi connectivity index (χ2v) is 5.92. The van der Waals surface area contributed by atoms with Gasteiger partial charge in [-0.2, -0.15) is 17.4 Å². The lowest BCUT2D eigenvalue weighted by molar-refractivity contribution is 0.354. The number of hydrogen-bond acceptors (Lipinski definition) is 3. The Kier molecular flexibility index (Phi) is 3.82. The van der Waals surface area contributed by atoms with Gasteiger partial charge in [-0.3, -0.25) is 0 Å². The molecule has 1 saturated heterocycles. The summed E-state index contributed by atoms with van der Waals surface area (Å²) < 4.78 is 29.9. The minimum atomic E-state index is -3.34. The molecule has 17 heavy (non-hydrogen) atoms. The first-order chi connectivity index (χ1) is 8.08. The van der Waals surface area contributed by atoms with Gasteiger partial charge in [0.25, 0.3) is 10.2 Å². The summed E-state index contributed by atoms with van der Waals surface area (Å²) >= 11 is 0. The first-order valence-electron chi connectivity index (χ1n) is 5.64. The van der Waals surface area contributed by atoms with Crippen LogP contribution in [0.25, 0.3) is 0 Å². The van der Waals surface area contributed by atoms with Gasteiger partial charge >= 0.3 is 0 Å². The zero-order chi connectivity index (χ0) is 12.3. The Balaban J connectivity index is 1.92. The van der Waals surface area contributed by atoms with Gasteiger partial charge in [0.1, 0.15) is 0 Å². The second-order valence-electron chi connectivity index (χ2n) is 4.16. The van der Waals surface area contributed by atoms with Gasteiger partial charge in [-0.15, -0.1) is 0 Å². The van der Waals surface area contributed by atoms with Crippen LogP contribution in [0.4, 0.5) is 0 Å². The van der Waals surface area contributed by atoms with E-state index in [9.17, 15) is 8.42 Å². The van der Waals surface area contributed by atoms with E-state index in [4.69, 9.17) is 0 Å². The molecule has 1 aromatic rings. The molecule has 1 aromatic heterocycles. The highest BCUT2D eigenvalue weighted by atomic mass is 32.2. The summed E-state index contributed by atoms with van der Waals surface area (Å²) in [6.07, 6.45) is 3.80. The second kappa shape index (κ2) is 5.18. The number of piperazine rings is 1. The van der Waals surface area contributed by atoms with E-state index in [-0.39, 0.29) is 0 Å². The largest absolute Gasteiger partial charge is 0.357 e. The van der Waals surface area contributed by atoms with Crippen molar-refractivity contribution in [2.45, 2.75) is 6.54 Å². The smallest absolute Gasteiger partial charge is 0.279 e. The fourth-order valence-electron chi connectivity index (χ4n) is 1.82. The zero-order valence-electron chi connectivity index (χ0n) is 9.89. The number of aryl methyl sites for hydroxylation is 1. The van der Waals surface area contributed by atoms with Crippen molar-refractivity contribution in [3.05, 3.63) is 24.0 Å². The van der Waals surface area contributed by atoms with Crippen molar-refractivity contribution in [1.29, 1.82) is 0 Å². The predicted molar refractivity (Wildman–Crippen MR) is 65.6 cm³/mol. The standard InChI is InChI=1S/C10H18N4O2S/c1-13-5-2-10(9-13)8-12-17(15,16)14-6-3-11-4-7-14/h2,5,9,11-12H,3-4,6-8H2,1H3. The van der Waals surface area contributed by atoms with Gasteiger partial charge in [-0.05, 0) is 11.6 Å². The molecule has 2 N–H and O–H groups in total. The third-order valence-electron chi connectivity index (χ3n) is 2.77. The van der Waals surface area contributed by atoms with Crippen LogP contribution in [0.5, 0.6) is 0 Å². The van der Waals surface area contributed by atoms with E-state index in [0.717, 1.165) is 5.56 Å². The van der Waals surface area contributed by atoms with Crippen molar-refractivity contribution >= 4 is 10.2 Å². The topological polar surface area (TPSA) is 66.4 Å². The number of hydrogen-bond donors (Lipinski definition) is 2. The van der Waals surface area contributed by atoms with Gasteiger partial charge in [0, 0.05) is 52.2 Å². The van der Waals surface area contributed by atoms with Crippen molar-refractivity contribution in [2.24, 2.45) is 7.05 Å². The van der Waals surface area contributed by atoms with Crippen LogP contribution < -0.4 is 10.0 Å². The monoisotopic (exact) mass is 258 g/mol. The molecule has 2 heterocycles. The predicted octanol–water partition coefficient (Wildman–Crippen LogP) is -0.735. The average molecular weight is 258 g/mol. The molecule has 0 radical (unpaired) electrons. The maximum atomic E-state index is 11.9. The van der Waals surface area contributed by atoms with Crippen LogP contribution in [0.1, 0.15) is 5.56 Å². The molecule has 0 atom stereocenters. The Morgan fingerprint density at radius 3 is 2.71 bits per heavy atom. The van der Waals surface area contributed by atoms with Crippen molar-refractivity contribution in [2.75, 3.05) is 26.2 Å². The quantitative estimate of drug-likeness (QED) is 0.748. The van der Waals surface area contributed by atoms with E-state index >= 15 is 0 Å². The molecule has 1 aliphatic rings. The molecule has 1 aliphatic heterocycles. The number of aromatic nitrogens is 1. The SMILES string of the molecule is Cn1ccc(CNS(=O)(=O)N2CCNCC2)c1. The van der Waals surface area contributed by atoms with Gasteiger partial charge in [0.05, 0.1) is 0 Å².